The molecule has 0 saturated carbocycles. The summed E-state index contributed by atoms with van der Waals surface area (Å²) in [4.78, 5) is 1.85. The Labute approximate surface area is 132 Å². The lowest BCUT2D eigenvalue weighted by Crippen LogP contribution is -2.28. The Morgan fingerprint density at radius 3 is 1.95 bits per heavy atom. The van der Waals surface area contributed by atoms with Crippen molar-refractivity contribution in [3.05, 3.63) is 64.7 Å². The van der Waals surface area contributed by atoms with Gasteiger partial charge in [0.15, 0.2) is 0 Å². The van der Waals surface area contributed by atoms with Gasteiger partial charge in [-0.25, -0.2) is 0 Å². The molecule has 0 heterocycles. The van der Waals surface area contributed by atoms with Crippen LogP contribution in [0.5, 0.6) is 0 Å². The van der Waals surface area contributed by atoms with Gasteiger partial charge in [-0.05, 0) is 36.8 Å². The largest absolute Gasteiger partial charge is 0.121 e. The van der Waals surface area contributed by atoms with E-state index in [2.05, 4.69) is 63.0 Å². The highest BCUT2D eigenvalue weighted by molar-refractivity contribution is 8.01. The van der Waals surface area contributed by atoms with Crippen molar-refractivity contribution in [1.82, 2.24) is 0 Å². The van der Waals surface area contributed by atoms with Crippen LogP contribution in [-0.4, -0.2) is 8.07 Å². The zero-order valence-corrected chi connectivity index (χ0v) is 15.1. The molecule has 0 N–H and O–H groups in total. The Kier molecular flexibility index (Phi) is 5.00. The van der Waals surface area contributed by atoms with E-state index < -0.39 is 8.07 Å². The van der Waals surface area contributed by atoms with Gasteiger partial charge in [-0.1, -0.05) is 61.1 Å². The summed E-state index contributed by atoms with van der Waals surface area (Å²) < 4.78 is 0. The number of thioether (sulfide) groups is 1. The molecular formula is C17H21ClSSi. The minimum atomic E-state index is -1.31. The molecule has 0 fully saturated rings. The van der Waals surface area contributed by atoms with E-state index >= 15 is 0 Å². The first-order chi connectivity index (χ1) is 9.36. The van der Waals surface area contributed by atoms with Gasteiger partial charge in [0, 0.05) is 14.8 Å². The molecule has 20 heavy (non-hydrogen) atoms. The van der Waals surface area contributed by atoms with Gasteiger partial charge in [0.1, 0.15) is 0 Å². The van der Waals surface area contributed by atoms with Crippen LogP contribution in [0, 0.1) is 6.92 Å². The van der Waals surface area contributed by atoms with Crippen molar-refractivity contribution in [3.63, 3.8) is 0 Å². The van der Waals surface area contributed by atoms with Crippen molar-refractivity contribution in [2.45, 2.75) is 36.3 Å². The SMILES string of the molecule is Cc1ccc(C(Sc2ccc(Cl)cc2)[Si](C)(C)C)cc1. The van der Waals surface area contributed by atoms with E-state index in [4.69, 9.17) is 11.6 Å². The molecule has 0 aliphatic carbocycles. The molecule has 0 bridgehead atoms. The summed E-state index contributed by atoms with van der Waals surface area (Å²) in [6.45, 7) is 9.43. The number of rotatable bonds is 4. The molecule has 106 valence electrons. The van der Waals surface area contributed by atoms with Crippen molar-refractivity contribution in [2.75, 3.05) is 0 Å². The molecule has 0 aliphatic rings. The lowest BCUT2D eigenvalue weighted by Gasteiger charge is -2.29. The van der Waals surface area contributed by atoms with Gasteiger partial charge >= 0.3 is 0 Å². The number of benzene rings is 2. The Morgan fingerprint density at radius 2 is 1.45 bits per heavy atom. The fourth-order valence-corrected chi connectivity index (χ4v) is 6.13. The Hall–Kier alpha value is -0.703. The number of halogens is 1. The molecule has 0 radical (unpaired) electrons. The minimum absolute atomic E-state index is 0.560. The van der Waals surface area contributed by atoms with E-state index in [1.165, 1.54) is 16.0 Å². The van der Waals surface area contributed by atoms with Crippen molar-refractivity contribution < 1.29 is 0 Å². The van der Waals surface area contributed by atoms with Crippen LogP contribution in [-0.2, 0) is 0 Å². The molecule has 3 heteroatoms. The third-order valence-corrected chi connectivity index (χ3v) is 8.92. The van der Waals surface area contributed by atoms with Crippen LogP contribution in [0.15, 0.2) is 53.4 Å². The van der Waals surface area contributed by atoms with E-state index in [1.807, 2.05) is 23.9 Å². The molecule has 0 aromatic heterocycles. The standard InChI is InChI=1S/C17H21ClSSi/c1-13-5-7-14(8-6-13)17(20(2,3)4)19-16-11-9-15(18)10-12-16/h5-12,17H,1-4H3. The second kappa shape index (κ2) is 6.38. The Balaban J connectivity index is 2.29. The number of hydrogen-bond acceptors (Lipinski definition) is 1. The molecule has 0 amide bonds. The molecule has 1 unspecified atom stereocenters. The quantitative estimate of drug-likeness (QED) is 0.466. The molecule has 0 nitrogen and oxygen atoms in total. The van der Waals surface area contributed by atoms with Crippen LogP contribution in [0.25, 0.3) is 0 Å². The maximum Gasteiger partial charge on any atom is 0.0647 e. The summed E-state index contributed by atoms with van der Waals surface area (Å²) >= 11 is 7.94. The topological polar surface area (TPSA) is 0 Å². The van der Waals surface area contributed by atoms with E-state index in [0.29, 0.717) is 4.87 Å². The highest BCUT2D eigenvalue weighted by Crippen LogP contribution is 2.42. The average molecular weight is 321 g/mol. The minimum Gasteiger partial charge on any atom is -0.121 e. The molecule has 0 saturated heterocycles. The zero-order valence-electron chi connectivity index (χ0n) is 12.5. The van der Waals surface area contributed by atoms with Gasteiger partial charge in [0.2, 0.25) is 0 Å². The van der Waals surface area contributed by atoms with Gasteiger partial charge in [-0.15, -0.1) is 11.8 Å². The third kappa shape index (κ3) is 4.14. The second-order valence-electron chi connectivity index (χ2n) is 6.23. The summed E-state index contributed by atoms with van der Waals surface area (Å²) in [7, 11) is -1.31. The first kappa shape index (κ1) is 15.7. The van der Waals surface area contributed by atoms with Crippen molar-refractivity contribution in [2.24, 2.45) is 0 Å². The lowest BCUT2D eigenvalue weighted by molar-refractivity contribution is 1.25. The average Bonchev–Trinajstić information content (AvgIpc) is 2.38. The van der Waals surface area contributed by atoms with Crippen molar-refractivity contribution in [1.29, 1.82) is 0 Å². The molecule has 2 rings (SSSR count). The Bertz CT molecular complexity index is 555. The Morgan fingerprint density at radius 1 is 0.900 bits per heavy atom. The summed E-state index contributed by atoms with van der Waals surface area (Å²) in [5.74, 6) is 0. The monoisotopic (exact) mass is 320 g/mol. The maximum absolute atomic E-state index is 5.97. The van der Waals surface area contributed by atoms with Crippen LogP contribution in [0.3, 0.4) is 0 Å². The van der Waals surface area contributed by atoms with Crippen LogP contribution < -0.4 is 0 Å². The van der Waals surface area contributed by atoms with Crippen LogP contribution in [0.2, 0.25) is 24.7 Å². The van der Waals surface area contributed by atoms with E-state index in [1.54, 1.807) is 0 Å². The second-order valence-corrected chi connectivity index (χ2v) is 13.6. The fourth-order valence-electron chi connectivity index (χ4n) is 2.14. The zero-order chi connectivity index (χ0) is 14.8. The van der Waals surface area contributed by atoms with E-state index in [-0.39, 0.29) is 0 Å². The molecular weight excluding hydrogens is 300 g/mol. The first-order valence-electron chi connectivity index (χ1n) is 6.85. The first-order valence-corrected chi connectivity index (χ1v) is 11.7. The van der Waals surface area contributed by atoms with Gasteiger partial charge in [-0.2, -0.15) is 0 Å². The fraction of sp³-hybridized carbons (Fsp3) is 0.294. The molecule has 1 atom stereocenters. The number of aryl methyl sites for hydroxylation is 1. The van der Waals surface area contributed by atoms with Crippen LogP contribution in [0.4, 0.5) is 0 Å². The van der Waals surface area contributed by atoms with Crippen LogP contribution >= 0.6 is 23.4 Å². The summed E-state index contributed by atoms with van der Waals surface area (Å²) in [5.41, 5.74) is 2.76. The highest BCUT2D eigenvalue weighted by Gasteiger charge is 2.29. The van der Waals surface area contributed by atoms with Gasteiger partial charge in [0.05, 0.1) is 8.07 Å². The molecule has 2 aromatic carbocycles. The van der Waals surface area contributed by atoms with E-state index in [9.17, 15) is 0 Å². The summed E-state index contributed by atoms with van der Waals surface area (Å²) in [5, 5.41) is 0.800. The molecule has 2 aromatic rings. The van der Waals surface area contributed by atoms with E-state index in [0.717, 1.165) is 5.02 Å². The van der Waals surface area contributed by atoms with Gasteiger partial charge in [-0.3, -0.25) is 0 Å². The highest BCUT2D eigenvalue weighted by atomic mass is 35.5. The lowest BCUT2D eigenvalue weighted by atomic mass is 10.2. The van der Waals surface area contributed by atoms with Crippen LogP contribution in [0.1, 0.15) is 16.0 Å². The normalized spacial score (nSPS) is 13.2. The van der Waals surface area contributed by atoms with Gasteiger partial charge in [0.25, 0.3) is 0 Å². The predicted molar refractivity (Wildman–Crippen MR) is 94.6 cm³/mol. The predicted octanol–water partition coefficient (Wildman–Crippen LogP) is 6.36. The van der Waals surface area contributed by atoms with Crippen molar-refractivity contribution >= 4 is 31.4 Å². The summed E-state index contributed by atoms with van der Waals surface area (Å²) in [6, 6.07) is 17.2. The third-order valence-electron chi connectivity index (χ3n) is 3.23. The smallest absolute Gasteiger partial charge is 0.0647 e. The molecule has 0 aliphatic heterocycles. The maximum atomic E-state index is 5.97. The van der Waals surface area contributed by atoms with Gasteiger partial charge < -0.3 is 0 Å². The number of hydrogen-bond donors (Lipinski definition) is 0. The van der Waals surface area contributed by atoms with Crippen molar-refractivity contribution in [3.8, 4) is 0 Å². The summed E-state index contributed by atoms with van der Waals surface area (Å²) in [6.07, 6.45) is 0. The molecule has 0 spiro atoms.